The fourth-order valence-electron chi connectivity index (χ4n) is 2.87. The number of rotatable bonds is 4. The summed E-state index contributed by atoms with van der Waals surface area (Å²) >= 11 is 0. The Kier molecular flexibility index (Phi) is 4.25. The zero-order valence-electron chi connectivity index (χ0n) is 11.6. The molecule has 1 fully saturated rings. The molecule has 3 N–H and O–H groups in total. The van der Waals surface area contributed by atoms with E-state index in [1.54, 1.807) is 0 Å². The van der Waals surface area contributed by atoms with Gasteiger partial charge in [-0.15, -0.1) is 0 Å². The Bertz CT molecular complexity index is 566. The molecule has 1 aliphatic rings. The monoisotopic (exact) mass is 271 g/mol. The van der Waals surface area contributed by atoms with Crippen LogP contribution in [0.15, 0.2) is 36.5 Å². The molecule has 4 heteroatoms. The molecule has 1 aliphatic heterocycles. The number of ether oxygens (including phenoxy) is 1. The lowest BCUT2D eigenvalue weighted by Gasteiger charge is -2.27. The van der Waals surface area contributed by atoms with E-state index in [-0.39, 0.29) is 6.04 Å². The average molecular weight is 271 g/mol. The number of nitrogens with two attached hydrogens (primary N) is 1. The van der Waals surface area contributed by atoms with E-state index in [1.165, 1.54) is 18.4 Å². The maximum atomic E-state index is 5.81. The first-order valence-corrected chi connectivity index (χ1v) is 7.29. The fourth-order valence-corrected chi connectivity index (χ4v) is 2.87. The van der Waals surface area contributed by atoms with Crippen molar-refractivity contribution in [1.29, 1.82) is 0 Å². The van der Waals surface area contributed by atoms with E-state index in [0.29, 0.717) is 6.10 Å². The maximum absolute atomic E-state index is 5.81. The molecule has 3 rings (SSSR count). The van der Waals surface area contributed by atoms with Gasteiger partial charge in [-0.1, -0.05) is 12.1 Å². The van der Waals surface area contributed by atoms with Crippen LogP contribution in [-0.4, -0.2) is 17.7 Å². The van der Waals surface area contributed by atoms with E-state index in [9.17, 15) is 0 Å². The smallest absolute Gasteiger partial charge is 0.0702 e. The van der Waals surface area contributed by atoms with Gasteiger partial charge in [0.05, 0.1) is 11.6 Å². The molecule has 1 aromatic carbocycles. The molecule has 1 aromatic heterocycles. The molecule has 2 aromatic rings. The van der Waals surface area contributed by atoms with Crippen molar-refractivity contribution in [2.45, 2.75) is 37.8 Å². The molecule has 106 valence electrons. The van der Waals surface area contributed by atoms with Crippen LogP contribution in [0.5, 0.6) is 0 Å². The Balaban J connectivity index is 1.79. The van der Waals surface area contributed by atoms with Crippen molar-refractivity contribution in [3.8, 4) is 0 Å². The molecule has 2 unspecified atom stereocenters. The van der Waals surface area contributed by atoms with Crippen molar-refractivity contribution in [3.63, 3.8) is 0 Å². The number of benzene rings is 1. The van der Waals surface area contributed by atoms with Crippen LogP contribution >= 0.6 is 0 Å². The SMILES string of the molecule is NNC(CC1CCCCO1)c1ccc2ncccc2c1. The first-order valence-electron chi connectivity index (χ1n) is 7.29. The highest BCUT2D eigenvalue weighted by Gasteiger charge is 2.20. The molecule has 1 saturated heterocycles. The summed E-state index contributed by atoms with van der Waals surface area (Å²) in [6, 6.07) is 10.5. The van der Waals surface area contributed by atoms with Gasteiger partial charge in [-0.3, -0.25) is 16.3 Å². The van der Waals surface area contributed by atoms with E-state index >= 15 is 0 Å². The summed E-state index contributed by atoms with van der Waals surface area (Å²) in [6.45, 7) is 0.879. The summed E-state index contributed by atoms with van der Waals surface area (Å²) in [7, 11) is 0. The van der Waals surface area contributed by atoms with E-state index in [2.05, 4.69) is 34.7 Å². The Morgan fingerprint density at radius 3 is 3.10 bits per heavy atom. The van der Waals surface area contributed by atoms with Crippen LogP contribution in [0.2, 0.25) is 0 Å². The number of hydrogen-bond acceptors (Lipinski definition) is 4. The molecule has 2 atom stereocenters. The summed E-state index contributed by atoms with van der Waals surface area (Å²) < 4.78 is 5.81. The highest BCUT2D eigenvalue weighted by Crippen LogP contribution is 2.26. The van der Waals surface area contributed by atoms with Crippen LogP contribution in [0.4, 0.5) is 0 Å². The minimum atomic E-state index is 0.128. The number of fused-ring (bicyclic) bond motifs is 1. The molecule has 0 saturated carbocycles. The molecule has 4 nitrogen and oxygen atoms in total. The number of pyridine rings is 1. The fraction of sp³-hybridized carbons (Fsp3) is 0.438. The van der Waals surface area contributed by atoms with Crippen molar-refractivity contribution in [3.05, 3.63) is 42.1 Å². The molecular weight excluding hydrogens is 250 g/mol. The standard InChI is InChI=1S/C16H21N3O/c17-19-16(11-14-5-1-2-9-20-14)13-6-7-15-12(10-13)4-3-8-18-15/h3-4,6-8,10,14,16,19H,1-2,5,9,11,17H2. The zero-order valence-corrected chi connectivity index (χ0v) is 11.6. The third kappa shape index (κ3) is 2.98. The van der Waals surface area contributed by atoms with Crippen LogP contribution < -0.4 is 11.3 Å². The summed E-state index contributed by atoms with van der Waals surface area (Å²) in [4.78, 5) is 4.35. The topological polar surface area (TPSA) is 60.2 Å². The first-order chi connectivity index (χ1) is 9.86. The summed E-state index contributed by atoms with van der Waals surface area (Å²) in [5.74, 6) is 5.74. The number of nitrogens with zero attached hydrogens (tertiary/aromatic N) is 1. The van der Waals surface area contributed by atoms with Crippen molar-refractivity contribution in [2.75, 3.05) is 6.61 Å². The summed E-state index contributed by atoms with van der Waals surface area (Å²) in [6.07, 6.45) is 6.61. The lowest BCUT2D eigenvalue weighted by Crippen LogP contribution is -2.32. The summed E-state index contributed by atoms with van der Waals surface area (Å²) in [5.41, 5.74) is 5.14. The van der Waals surface area contributed by atoms with Gasteiger partial charge in [-0.05, 0) is 49.4 Å². The van der Waals surface area contributed by atoms with Gasteiger partial charge in [0.1, 0.15) is 0 Å². The highest BCUT2D eigenvalue weighted by molar-refractivity contribution is 5.79. The Labute approximate surface area is 119 Å². The van der Waals surface area contributed by atoms with Gasteiger partial charge in [-0.2, -0.15) is 0 Å². The molecular formula is C16H21N3O. The van der Waals surface area contributed by atoms with Crippen LogP contribution in [0.3, 0.4) is 0 Å². The van der Waals surface area contributed by atoms with Crippen molar-refractivity contribution < 1.29 is 4.74 Å². The molecule has 0 aliphatic carbocycles. The second kappa shape index (κ2) is 6.31. The molecule has 0 bridgehead atoms. The Morgan fingerprint density at radius 2 is 2.30 bits per heavy atom. The van der Waals surface area contributed by atoms with E-state index < -0.39 is 0 Å². The van der Waals surface area contributed by atoms with Crippen LogP contribution in [0.1, 0.15) is 37.3 Å². The van der Waals surface area contributed by atoms with Gasteiger partial charge in [0, 0.05) is 24.2 Å². The third-order valence-electron chi connectivity index (χ3n) is 4.00. The number of hydrogen-bond donors (Lipinski definition) is 2. The third-order valence-corrected chi connectivity index (χ3v) is 4.00. The zero-order chi connectivity index (χ0) is 13.8. The van der Waals surface area contributed by atoms with Gasteiger partial charge in [0.25, 0.3) is 0 Å². The molecule has 0 amide bonds. The lowest BCUT2D eigenvalue weighted by atomic mass is 9.96. The van der Waals surface area contributed by atoms with Crippen LogP contribution in [0, 0.1) is 0 Å². The van der Waals surface area contributed by atoms with Crippen LogP contribution in [-0.2, 0) is 4.74 Å². The quantitative estimate of drug-likeness (QED) is 0.663. The van der Waals surface area contributed by atoms with E-state index in [4.69, 9.17) is 10.6 Å². The van der Waals surface area contributed by atoms with Gasteiger partial charge in [0.2, 0.25) is 0 Å². The number of hydrazine groups is 1. The average Bonchev–Trinajstić information content (AvgIpc) is 2.53. The second-order valence-electron chi connectivity index (χ2n) is 5.40. The van der Waals surface area contributed by atoms with E-state index in [0.717, 1.165) is 30.4 Å². The molecule has 20 heavy (non-hydrogen) atoms. The maximum Gasteiger partial charge on any atom is 0.0702 e. The van der Waals surface area contributed by atoms with Gasteiger partial charge >= 0.3 is 0 Å². The normalized spacial score (nSPS) is 20.9. The van der Waals surface area contributed by atoms with E-state index in [1.807, 2.05) is 12.3 Å². The van der Waals surface area contributed by atoms with Crippen molar-refractivity contribution in [2.24, 2.45) is 5.84 Å². The van der Waals surface area contributed by atoms with Crippen LogP contribution in [0.25, 0.3) is 10.9 Å². The minimum absolute atomic E-state index is 0.128. The highest BCUT2D eigenvalue weighted by atomic mass is 16.5. The van der Waals surface area contributed by atoms with Crippen molar-refractivity contribution in [1.82, 2.24) is 10.4 Å². The lowest BCUT2D eigenvalue weighted by molar-refractivity contribution is 0.00503. The second-order valence-corrected chi connectivity index (χ2v) is 5.40. The number of nitrogens with one attached hydrogen (secondary N) is 1. The minimum Gasteiger partial charge on any atom is -0.378 e. The molecule has 0 radical (unpaired) electrons. The van der Waals surface area contributed by atoms with Gasteiger partial charge < -0.3 is 4.74 Å². The molecule has 0 spiro atoms. The predicted octanol–water partition coefficient (Wildman–Crippen LogP) is 2.70. The Hall–Kier alpha value is -1.49. The predicted molar refractivity (Wildman–Crippen MR) is 80.0 cm³/mol. The van der Waals surface area contributed by atoms with Gasteiger partial charge in [0.15, 0.2) is 0 Å². The van der Waals surface area contributed by atoms with Crippen molar-refractivity contribution >= 4 is 10.9 Å². The van der Waals surface area contributed by atoms with Gasteiger partial charge in [-0.25, -0.2) is 0 Å². The molecule has 2 heterocycles. The largest absolute Gasteiger partial charge is 0.378 e. The number of aromatic nitrogens is 1. The Morgan fingerprint density at radius 1 is 1.35 bits per heavy atom. The summed E-state index contributed by atoms with van der Waals surface area (Å²) in [5, 5.41) is 1.15. The first kappa shape index (κ1) is 13.5.